The van der Waals surface area contributed by atoms with Crippen molar-refractivity contribution in [3.8, 4) is 22.9 Å². The summed E-state index contributed by atoms with van der Waals surface area (Å²) in [5.74, 6) is 3.20. The molecule has 3 aromatic rings. The van der Waals surface area contributed by atoms with E-state index in [1.54, 1.807) is 27.7 Å². The average molecular weight is 494 g/mol. The largest absolute Gasteiger partial charge is 0.493 e. The monoisotopic (exact) mass is 493 g/mol. The number of aryl methyl sites for hydroxylation is 1. The molecular formula is C25H31N7O4. The minimum atomic E-state index is -0.376. The van der Waals surface area contributed by atoms with Gasteiger partial charge in [0.05, 0.1) is 38.9 Å². The van der Waals surface area contributed by atoms with E-state index < -0.39 is 0 Å². The molecule has 1 aliphatic heterocycles. The average Bonchev–Trinajstić information content (AvgIpc) is 3.58. The van der Waals surface area contributed by atoms with Crippen LogP contribution in [0.4, 0.5) is 17.6 Å². The number of fused-ring (bicyclic) bond motifs is 1. The lowest BCUT2D eigenvalue weighted by molar-refractivity contribution is -0.119. The Morgan fingerprint density at radius 1 is 1.06 bits per heavy atom. The van der Waals surface area contributed by atoms with E-state index in [1.165, 1.54) is 0 Å². The molecule has 1 unspecified atom stereocenters. The van der Waals surface area contributed by atoms with Crippen LogP contribution in [-0.4, -0.2) is 59.3 Å². The van der Waals surface area contributed by atoms with Crippen LogP contribution in [0.3, 0.4) is 0 Å². The van der Waals surface area contributed by atoms with Gasteiger partial charge < -0.3 is 34.7 Å². The highest BCUT2D eigenvalue weighted by Crippen LogP contribution is 2.39. The lowest BCUT2D eigenvalue weighted by atomic mass is 9.96. The first-order chi connectivity index (χ1) is 17.5. The summed E-state index contributed by atoms with van der Waals surface area (Å²) in [7, 11) is 4.74. The van der Waals surface area contributed by atoms with Gasteiger partial charge in [0, 0.05) is 24.2 Å². The van der Waals surface area contributed by atoms with Crippen LogP contribution >= 0.6 is 0 Å². The maximum Gasteiger partial charge on any atom is 0.240 e. The summed E-state index contributed by atoms with van der Waals surface area (Å²) in [6, 6.07) is 3.34. The fourth-order valence-electron chi connectivity index (χ4n) is 4.98. The fourth-order valence-corrected chi connectivity index (χ4v) is 4.98. The number of carbonyl (C=O) groups excluding carboxylic acids is 1. The van der Waals surface area contributed by atoms with Crippen molar-refractivity contribution in [3.05, 3.63) is 35.9 Å². The molecule has 0 radical (unpaired) electrons. The van der Waals surface area contributed by atoms with Crippen LogP contribution in [-0.2, 0) is 17.6 Å². The van der Waals surface area contributed by atoms with Crippen LogP contribution in [0, 0.1) is 0 Å². The van der Waals surface area contributed by atoms with Crippen molar-refractivity contribution in [1.29, 1.82) is 0 Å². The van der Waals surface area contributed by atoms with Gasteiger partial charge in [0.25, 0.3) is 0 Å². The third kappa shape index (κ3) is 4.36. The Kier molecular flexibility index (Phi) is 6.53. The predicted octanol–water partition coefficient (Wildman–Crippen LogP) is 2.76. The first-order valence-electron chi connectivity index (χ1n) is 12.1. The highest BCUT2D eigenvalue weighted by atomic mass is 16.5. The first kappa shape index (κ1) is 23.7. The number of hydrogen-bond acceptors (Lipinski definition) is 9. The Balaban J connectivity index is 1.48. The van der Waals surface area contributed by atoms with E-state index in [2.05, 4.69) is 10.3 Å². The Morgan fingerprint density at radius 3 is 2.50 bits per heavy atom. The molecule has 0 bridgehead atoms. The molecule has 2 aromatic heterocycles. The fraction of sp³-hybridized carbons (Fsp3) is 0.440. The number of rotatable bonds is 8. The van der Waals surface area contributed by atoms with Gasteiger partial charge in [0.1, 0.15) is 24.0 Å². The first-order valence-corrected chi connectivity index (χ1v) is 12.1. The summed E-state index contributed by atoms with van der Waals surface area (Å²) < 4.78 is 18.3. The van der Waals surface area contributed by atoms with E-state index in [0.29, 0.717) is 35.6 Å². The summed E-state index contributed by atoms with van der Waals surface area (Å²) in [6.45, 7) is 0.710. The quantitative estimate of drug-likeness (QED) is 0.486. The molecule has 3 N–H and O–H groups in total. The molecule has 190 valence electrons. The number of benzene rings is 1. The van der Waals surface area contributed by atoms with Gasteiger partial charge in [-0.2, -0.15) is 4.98 Å². The molecule has 1 aliphatic carbocycles. The summed E-state index contributed by atoms with van der Waals surface area (Å²) >= 11 is 0. The van der Waals surface area contributed by atoms with Gasteiger partial charge in [-0.3, -0.25) is 4.79 Å². The van der Waals surface area contributed by atoms with Crippen LogP contribution in [0.15, 0.2) is 24.7 Å². The van der Waals surface area contributed by atoms with Gasteiger partial charge in [-0.05, 0) is 38.5 Å². The number of methoxy groups -OCH3 is 3. The smallest absolute Gasteiger partial charge is 0.240 e. The van der Waals surface area contributed by atoms with Crippen molar-refractivity contribution in [2.24, 2.45) is 5.73 Å². The summed E-state index contributed by atoms with van der Waals surface area (Å²) in [5, 5.41) is 3.40. The van der Waals surface area contributed by atoms with Crippen molar-refractivity contribution in [2.75, 3.05) is 38.1 Å². The standard InChI is InChI=1S/C25H31N7O4/c1-34-19-11-15(12-20(35-2)22(19)36-3)31-13-21(27-14-31)29-24-16-7-4-5-8-17(16)28-25(30-24)32-10-6-9-18(32)23(26)33/h11-14,18H,4-10H2,1-3H3,(H2,26,33)(H,28,29,30). The van der Waals surface area contributed by atoms with Crippen molar-refractivity contribution in [1.82, 2.24) is 19.5 Å². The third-order valence-electron chi connectivity index (χ3n) is 6.79. The zero-order valence-corrected chi connectivity index (χ0v) is 20.8. The van der Waals surface area contributed by atoms with E-state index in [9.17, 15) is 4.79 Å². The molecule has 0 spiro atoms. The summed E-state index contributed by atoms with van der Waals surface area (Å²) in [6.07, 6.45) is 9.13. The Bertz CT molecular complexity index is 1250. The molecule has 1 amide bonds. The van der Waals surface area contributed by atoms with Gasteiger partial charge in [-0.1, -0.05) is 0 Å². The molecule has 3 heterocycles. The lowest BCUT2D eigenvalue weighted by Crippen LogP contribution is -2.41. The number of carbonyl (C=O) groups is 1. The van der Waals surface area contributed by atoms with Crippen LogP contribution in [0.1, 0.15) is 36.9 Å². The Hall–Kier alpha value is -4.02. The molecule has 36 heavy (non-hydrogen) atoms. The van der Waals surface area contributed by atoms with Crippen molar-refractivity contribution in [2.45, 2.75) is 44.6 Å². The van der Waals surface area contributed by atoms with E-state index in [-0.39, 0.29) is 11.9 Å². The number of ether oxygens (including phenoxy) is 3. The number of nitrogens with two attached hydrogens (primary N) is 1. The second-order valence-electron chi connectivity index (χ2n) is 8.93. The minimum Gasteiger partial charge on any atom is -0.493 e. The van der Waals surface area contributed by atoms with E-state index in [0.717, 1.165) is 61.3 Å². The van der Waals surface area contributed by atoms with Gasteiger partial charge in [-0.15, -0.1) is 0 Å². The number of anilines is 3. The van der Waals surface area contributed by atoms with Crippen LogP contribution < -0.4 is 30.2 Å². The SMILES string of the molecule is COc1cc(-n2cnc(Nc3nc(N4CCCC4C(N)=O)nc4c3CCCC4)c2)cc(OC)c1OC. The van der Waals surface area contributed by atoms with Crippen LogP contribution in [0.2, 0.25) is 0 Å². The van der Waals surface area contributed by atoms with Crippen LogP contribution in [0.5, 0.6) is 17.2 Å². The van der Waals surface area contributed by atoms with Crippen molar-refractivity contribution < 1.29 is 19.0 Å². The molecule has 1 atom stereocenters. The summed E-state index contributed by atoms with van der Waals surface area (Å²) in [4.78, 5) is 28.2. The number of primary amides is 1. The number of aromatic nitrogens is 4. The lowest BCUT2D eigenvalue weighted by Gasteiger charge is -2.26. The highest BCUT2D eigenvalue weighted by Gasteiger charge is 2.32. The molecule has 0 saturated carbocycles. The van der Waals surface area contributed by atoms with E-state index in [1.807, 2.05) is 27.8 Å². The Morgan fingerprint density at radius 2 is 1.81 bits per heavy atom. The highest BCUT2D eigenvalue weighted by molar-refractivity contribution is 5.83. The van der Waals surface area contributed by atoms with Gasteiger partial charge in [0.2, 0.25) is 17.6 Å². The molecule has 1 fully saturated rings. The predicted molar refractivity (Wildman–Crippen MR) is 135 cm³/mol. The zero-order chi connectivity index (χ0) is 25.2. The molecule has 11 nitrogen and oxygen atoms in total. The number of nitrogens with zero attached hydrogens (tertiary/aromatic N) is 5. The second-order valence-corrected chi connectivity index (χ2v) is 8.93. The summed E-state index contributed by atoms with van der Waals surface area (Å²) in [5.41, 5.74) is 8.58. The maximum absolute atomic E-state index is 12.0. The normalized spacial score (nSPS) is 17.0. The molecule has 11 heteroatoms. The molecule has 1 saturated heterocycles. The van der Waals surface area contributed by atoms with Crippen molar-refractivity contribution >= 4 is 23.5 Å². The molecule has 5 rings (SSSR count). The zero-order valence-electron chi connectivity index (χ0n) is 20.8. The van der Waals surface area contributed by atoms with Gasteiger partial charge in [-0.25, -0.2) is 9.97 Å². The number of hydrogen-bond donors (Lipinski definition) is 2. The van der Waals surface area contributed by atoms with Crippen LogP contribution in [0.25, 0.3) is 5.69 Å². The Labute approximate surface area is 209 Å². The van der Waals surface area contributed by atoms with E-state index in [4.69, 9.17) is 29.9 Å². The van der Waals surface area contributed by atoms with Crippen molar-refractivity contribution in [3.63, 3.8) is 0 Å². The van der Waals surface area contributed by atoms with E-state index >= 15 is 0 Å². The molecule has 2 aliphatic rings. The molecule has 1 aromatic carbocycles. The minimum absolute atomic E-state index is 0.340. The number of amides is 1. The number of nitrogens with one attached hydrogen (secondary N) is 1. The van der Waals surface area contributed by atoms with Gasteiger partial charge >= 0.3 is 0 Å². The topological polar surface area (TPSA) is 130 Å². The molecular weight excluding hydrogens is 462 g/mol. The second kappa shape index (κ2) is 9.92. The third-order valence-corrected chi connectivity index (χ3v) is 6.79. The maximum atomic E-state index is 12.0. The number of imidazole rings is 1. The van der Waals surface area contributed by atoms with Gasteiger partial charge in [0.15, 0.2) is 11.5 Å².